The highest BCUT2D eigenvalue weighted by molar-refractivity contribution is 5.81. The molecule has 0 bridgehead atoms. The second-order valence-electron chi connectivity index (χ2n) is 5.58. The number of hydrogen-bond donors (Lipinski definition) is 2. The van der Waals surface area contributed by atoms with Crippen molar-refractivity contribution in [3.63, 3.8) is 0 Å². The zero-order valence-corrected chi connectivity index (χ0v) is 11.0. The van der Waals surface area contributed by atoms with Crippen molar-refractivity contribution >= 4 is 11.8 Å². The van der Waals surface area contributed by atoms with Crippen molar-refractivity contribution in [1.82, 2.24) is 10.2 Å². The molecule has 1 aliphatic heterocycles. The van der Waals surface area contributed by atoms with Gasteiger partial charge in [-0.05, 0) is 25.2 Å². The Balaban J connectivity index is 1.95. The first-order valence-corrected chi connectivity index (χ1v) is 6.89. The highest BCUT2D eigenvalue weighted by Crippen LogP contribution is 2.30. The third-order valence-electron chi connectivity index (χ3n) is 4.15. The first kappa shape index (κ1) is 13.3. The molecule has 1 saturated carbocycles. The topological polar surface area (TPSA) is 75.4 Å². The molecule has 2 fully saturated rings. The van der Waals surface area contributed by atoms with Crippen LogP contribution in [0.5, 0.6) is 0 Å². The Morgan fingerprint density at radius 1 is 1.39 bits per heavy atom. The van der Waals surface area contributed by atoms with Gasteiger partial charge in [-0.2, -0.15) is 0 Å². The van der Waals surface area contributed by atoms with Gasteiger partial charge in [-0.1, -0.05) is 6.92 Å². The van der Waals surface area contributed by atoms with E-state index in [-0.39, 0.29) is 23.8 Å². The number of hydrogen-bond acceptors (Lipinski definition) is 3. The molecule has 18 heavy (non-hydrogen) atoms. The van der Waals surface area contributed by atoms with E-state index >= 15 is 0 Å². The van der Waals surface area contributed by atoms with Crippen LogP contribution >= 0.6 is 0 Å². The summed E-state index contributed by atoms with van der Waals surface area (Å²) in [6.07, 6.45) is 3.18. The van der Waals surface area contributed by atoms with Gasteiger partial charge in [0.15, 0.2) is 0 Å². The monoisotopic (exact) mass is 253 g/mol. The molecule has 2 aliphatic rings. The molecule has 1 heterocycles. The molecule has 0 aromatic rings. The number of nitrogens with zero attached hydrogens (tertiary/aromatic N) is 1. The lowest BCUT2D eigenvalue weighted by Crippen LogP contribution is -2.44. The molecule has 0 spiro atoms. The molecule has 5 nitrogen and oxygen atoms in total. The number of carbonyl (C=O) groups is 2. The fourth-order valence-corrected chi connectivity index (χ4v) is 3.03. The summed E-state index contributed by atoms with van der Waals surface area (Å²) in [6.45, 7) is 3.88. The predicted molar refractivity (Wildman–Crippen MR) is 68.7 cm³/mol. The van der Waals surface area contributed by atoms with Gasteiger partial charge in [0.05, 0.1) is 0 Å². The Morgan fingerprint density at radius 2 is 2.17 bits per heavy atom. The number of nitrogens with one attached hydrogen (secondary N) is 1. The Labute approximate surface area is 108 Å². The normalized spacial score (nSPS) is 33.8. The molecular formula is C13H23N3O2. The Morgan fingerprint density at radius 3 is 2.89 bits per heavy atom. The van der Waals surface area contributed by atoms with E-state index in [1.807, 2.05) is 4.90 Å². The fourth-order valence-electron chi connectivity index (χ4n) is 3.03. The maximum Gasteiger partial charge on any atom is 0.226 e. The minimum absolute atomic E-state index is 0.0454. The van der Waals surface area contributed by atoms with Crippen LogP contribution in [-0.2, 0) is 9.59 Å². The predicted octanol–water partition coefficient (Wildman–Crippen LogP) is 0.0984. The SMILES string of the molecule is CC1CC(N)CCC1C(=O)N1CCNC(=O)CC1. The van der Waals surface area contributed by atoms with Gasteiger partial charge >= 0.3 is 0 Å². The van der Waals surface area contributed by atoms with Gasteiger partial charge in [0.25, 0.3) is 0 Å². The van der Waals surface area contributed by atoms with Crippen molar-refractivity contribution in [3.8, 4) is 0 Å². The third kappa shape index (κ3) is 3.02. The quantitative estimate of drug-likeness (QED) is 0.696. The van der Waals surface area contributed by atoms with Crippen LogP contribution in [0.15, 0.2) is 0 Å². The molecule has 102 valence electrons. The summed E-state index contributed by atoms with van der Waals surface area (Å²) in [7, 11) is 0. The molecule has 3 atom stereocenters. The summed E-state index contributed by atoms with van der Waals surface area (Å²) in [4.78, 5) is 25.6. The molecule has 3 N–H and O–H groups in total. The van der Waals surface area contributed by atoms with Crippen LogP contribution in [0, 0.1) is 11.8 Å². The van der Waals surface area contributed by atoms with Crippen LogP contribution in [0.3, 0.4) is 0 Å². The van der Waals surface area contributed by atoms with E-state index in [1.54, 1.807) is 0 Å². The maximum absolute atomic E-state index is 12.5. The van der Waals surface area contributed by atoms with E-state index < -0.39 is 0 Å². The molecule has 0 aromatic carbocycles. The van der Waals surface area contributed by atoms with E-state index in [9.17, 15) is 9.59 Å². The smallest absolute Gasteiger partial charge is 0.226 e. The second-order valence-corrected chi connectivity index (χ2v) is 5.58. The van der Waals surface area contributed by atoms with Crippen molar-refractivity contribution in [2.75, 3.05) is 19.6 Å². The lowest BCUT2D eigenvalue weighted by molar-refractivity contribution is -0.138. The van der Waals surface area contributed by atoms with Gasteiger partial charge in [-0.15, -0.1) is 0 Å². The van der Waals surface area contributed by atoms with Crippen molar-refractivity contribution < 1.29 is 9.59 Å². The molecule has 2 amide bonds. The summed E-state index contributed by atoms with van der Waals surface area (Å²) in [6, 6.07) is 0.247. The molecule has 5 heteroatoms. The zero-order valence-electron chi connectivity index (χ0n) is 11.0. The lowest BCUT2D eigenvalue weighted by Gasteiger charge is -2.34. The fraction of sp³-hybridized carbons (Fsp3) is 0.846. The Bertz CT molecular complexity index is 332. The number of nitrogens with two attached hydrogens (primary N) is 1. The Kier molecular flexibility index (Phi) is 4.22. The van der Waals surface area contributed by atoms with Gasteiger partial charge in [0.2, 0.25) is 11.8 Å². The van der Waals surface area contributed by atoms with Crippen LogP contribution in [0.1, 0.15) is 32.6 Å². The highest BCUT2D eigenvalue weighted by atomic mass is 16.2. The van der Waals surface area contributed by atoms with Crippen LogP contribution in [0.4, 0.5) is 0 Å². The molecular weight excluding hydrogens is 230 g/mol. The highest BCUT2D eigenvalue weighted by Gasteiger charge is 2.34. The number of carbonyl (C=O) groups excluding carboxylic acids is 2. The average Bonchev–Trinajstić information content (AvgIpc) is 2.53. The summed E-state index contributed by atoms with van der Waals surface area (Å²) in [5.41, 5.74) is 5.93. The van der Waals surface area contributed by atoms with Crippen LogP contribution in [0.25, 0.3) is 0 Å². The van der Waals surface area contributed by atoms with Crippen molar-refractivity contribution in [1.29, 1.82) is 0 Å². The zero-order chi connectivity index (χ0) is 13.1. The molecule has 0 radical (unpaired) electrons. The van der Waals surface area contributed by atoms with Gasteiger partial charge in [-0.25, -0.2) is 0 Å². The first-order valence-electron chi connectivity index (χ1n) is 6.89. The van der Waals surface area contributed by atoms with E-state index in [1.165, 1.54) is 0 Å². The van der Waals surface area contributed by atoms with Crippen molar-refractivity contribution in [3.05, 3.63) is 0 Å². The van der Waals surface area contributed by atoms with Gasteiger partial charge in [0, 0.05) is 38.0 Å². The van der Waals surface area contributed by atoms with E-state index in [4.69, 9.17) is 5.73 Å². The largest absolute Gasteiger partial charge is 0.354 e. The minimum Gasteiger partial charge on any atom is -0.354 e. The summed E-state index contributed by atoms with van der Waals surface area (Å²) >= 11 is 0. The molecule has 1 aliphatic carbocycles. The van der Waals surface area contributed by atoms with Gasteiger partial charge < -0.3 is 16.0 Å². The van der Waals surface area contributed by atoms with Crippen LogP contribution < -0.4 is 11.1 Å². The standard InChI is InChI=1S/C13H23N3O2/c1-9-8-10(14)2-3-11(9)13(18)16-6-4-12(17)15-5-7-16/h9-11H,2-8,14H2,1H3,(H,15,17). The molecule has 2 rings (SSSR count). The van der Waals surface area contributed by atoms with Gasteiger partial charge in [0.1, 0.15) is 0 Å². The van der Waals surface area contributed by atoms with Crippen molar-refractivity contribution in [2.24, 2.45) is 17.6 Å². The van der Waals surface area contributed by atoms with Crippen LogP contribution in [-0.4, -0.2) is 42.4 Å². The van der Waals surface area contributed by atoms with Crippen molar-refractivity contribution in [2.45, 2.75) is 38.6 Å². The minimum atomic E-state index is 0.0454. The van der Waals surface area contributed by atoms with E-state index in [0.29, 0.717) is 32.0 Å². The number of amides is 2. The second kappa shape index (κ2) is 5.69. The van der Waals surface area contributed by atoms with E-state index in [0.717, 1.165) is 19.3 Å². The summed E-state index contributed by atoms with van der Waals surface area (Å²) in [5, 5.41) is 2.80. The average molecular weight is 253 g/mol. The molecule has 1 saturated heterocycles. The van der Waals surface area contributed by atoms with Crippen LogP contribution in [0.2, 0.25) is 0 Å². The lowest BCUT2D eigenvalue weighted by atomic mass is 9.77. The summed E-state index contributed by atoms with van der Waals surface area (Å²) < 4.78 is 0. The van der Waals surface area contributed by atoms with Gasteiger partial charge in [-0.3, -0.25) is 9.59 Å². The summed E-state index contributed by atoms with van der Waals surface area (Å²) in [5.74, 6) is 0.709. The maximum atomic E-state index is 12.5. The first-order chi connectivity index (χ1) is 8.58. The molecule has 3 unspecified atom stereocenters. The molecule has 0 aromatic heterocycles. The third-order valence-corrected chi connectivity index (χ3v) is 4.15. The number of rotatable bonds is 1. The Hall–Kier alpha value is -1.10. The van der Waals surface area contributed by atoms with E-state index in [2.05, 4.69) is 12.2 Å².